The van der Waals surface area contributed by atoms with Gasteiger partial charge in [-0.15, -0.1) is 11.6 Å². The van der Waals surface area contributed by atoms with Gasteiger partial charge in [0.25, 0.3) is 0 Å². The number of amides is 3. The summed E-state index contributed by atoms with van der Waals surface area (Å²) in [4.78, 5) is 54.5. The van der Waals surface area contributed by atoms with Crippen molar-refractivity contribution in [1.82, 2.24) is 10.2 Å². The number of likely N-dealkylation sites (N-methyl/N-ethyl adjacent to an activating group) is 1. The molecular weight excluding hydrogens is 699 g/mol. The number of ether oxygens (including phenoxy) is 4. The second-order valence-corrected chi connectivity index (χ2v) is 13.0. The number of esters is 1. The van der Waals surface area contributed by atoms with Gasteiger partial charge in [-0.05, 0) is 27.2 Å². The number of aliphatic hydroxyl groups excluding tert-OH is 1. The molecule has 4 unspecified atom stereocenters. The average molecular weight is 746 g/mol. The van der Waals surface area contributed by atoms with Crippen LogP contribution in [0.3, 0.4) is 0 Å². The number of carbonyl (C=O) groups excluding carboxylic acids is 4. The first-order valence-electron chi connectivity index (χ1n) is 15.6. The molecule has 14 heteroatoms. The fourth-order valence-corrected chi connectivity index (χ4v) is 6.19. The molecule has 3 heterocycles. The predicted octanol–water partition coefficient (Wildman–Crippen LogP) is 2.16. The SMILES string of the molecule is CO[C@@H]1/C=C/C=C(\C)Cc2cc(CO)[c-]c(c2)N(C)C(=O)C[C@H](OC(=O)C(C)N(C)C(C)=O)C2(C)OC2[C@H](C)C2C[C@@]1(O)NC(=O)O2.[Y]. The van der Waals surface area contributed by atoms with Crippen molar-refractivity contribution in [2.75, 3.05) is 26.1 Å². The Hall–Kier alpha value is -2.68. The maximum absolute atomic E-state index is 13.8. The fraction of sp³-hybridized carbons (Fsp3) is 0.588. The minimum atomic E-state index is -1.81. The summed E-state index contributed by atoms with van der Waals surface area (Å²) in [6.45, 7) is 7.99. The Morgan fingerprint density at radius 1 is 1.29 bits per heavy atom. The van der Waals surface area contributed by atoms with E-state index in [1.54, 1.807) is 45.2 Å². The maximum Gasteiger partial charge on any atom is 0.409 e. The number of hydrogen-bond acceptors (Lipinski definition) is 10. The molecule has 4 bridgehead atoms. The van der Waals surface area contributed by atoms with Gasteiger partial charge in [0.2, 0.25) is 11.8 Å². The van der Waals surface area contributed by atoms with Crippen LogP contribution in [0.5, 0.6) is 0 Å². The van der Waals surface area contributed by atoms with Crippen molar-refractivity contribution in [2.45, 2.75) is 102 Å². The van der Waals surface area contributed by atoms with Gasteiger partial charge in [0.05, 0.1) is 12.5 Å². The molecule has 1 radical (unpaired) electrons. The van der Waals surface area contributed by atoms with Gasteiger partial charge in [0, 0.05) is 79.8 Å². The van der Waals surface area contributed by atoms with Crippen LogP contribution in [0.4, 0.5) is 10.5 Å². The van der Waals surface area contributed by atoms with E-state index < -0.39 is 65.7 Å². The molecule has 4 rings (SSSR count). The molecule has 48 heavy (non-hydrogen) atoms. The first kappa shape index (κ1) is 39.8. The third kappa shape index (κ3) is 8.72. The summed E-state index contributed by atoms with van der Waals surface area (Å²) in [7, 11) is 4.48. The van der Waals surface area contributed by atoms with Crippen molar-refractivity contribution in [3.8, 4) is 0 Å². The van der Waals surface area contributed by atoms with Gasteiger partial charge in [0.1, 0.15) is 30.0 Å². The smallest absolute Gasteiger partial charge is 0.409 e. The van der Waals surface area contributed by atoms with Crippen molar-refractivity contribution < 1.29 is 81.0 Å². The Morgan fingerprint density at radius 3 is 2.60 bits per heavy atom. The average Bonchev–Trinajstić information content (AvgIpc) is 3.72. The van der Waals surface area contributed by atoms with E-state index in [1.165, 1.54) is 37.8 Å². The van der Waals surface area contributed by atoms with Crippen LogP contribution in [0.1, 0.15) is 58.6 Å². The summed E-state index contributed by atoms with van der Waals surface area (Å²) >= 11 is 0. The summed E-state index contributed by atoms with van der Waals surface area (Å²) in [6.07, 6.45) is 1.06. The molecule has 2 saturated heterocycles. The molecule has 3 amide bonds. The molecule has 3 aliphatic heterocycles. The number of nitrogens with zero attached hydrogens (tertiary/aromatic N) is 2. The number of alkyl carbamates (subject to hydrolysis) is 1. The molecule has 13 nitrogen and oxygen atoms in total. The molecule has 0 spiro atoms. The Bertz CT molecular complexity index is 1450. The quantitative estimate of drug-likeness (QED) is 0.231. The molecule has 0 saturated carbocycles. The number of fused-ring (bicyclic) bond motifs is 5. The first-order chi connectivity index (χ1) is 22.0. The van der Waals surface area contributed by atoms with Crippen molar-refractivity contribution >= 4 is 29.6 Å². The normalized spacial score (nSPS) is 33.0. The number of nitrogens with one attached hydrogen (secondary N) is 1. The molecule has 261 valence electrons. The van der Waals surface area contributed by atoms with Gasteiger partial charge in [-0.3, -0.25) is 14.9 Å². The molecule has 0 aromatic heterocycles. The zero-order valence-corrected chi connectivity index (χ0v) is 31.6. The number of benzene rings is 1. The fourth-order valence-electron chi connectivity index (χ4n) is 6.19. The molecule has 3 N–H and O–H groups in total. The first-order valence-corrected chi connectivity index (χ1v) is 15.6. The van der Waals surface area contributed by atoms with E-state index >= 15 is 0 Å². The number of hydrogen-bond donors (Lipinski definition) is 3. The summed E-state index contributed by atoms with van der Waals surface area (Å²) in [5, 5.41) is 24.1. The van der Waals surface area contributed by atoms with Crippen molar-refractivity contribution in [3.05, 3.63) is 53.1 Å². The molecule has 8 atom stereocenters. The van der Waals surface area contributed by atoms with Crippen molar-refractivity contribution in [1.29, 1.82) is 0 Å². The molecular formula is C34H46N3O10Y-. The van der Waals surface area contributed by atoms with Gasteiger partial charge in [-0.2, -0.15) is 17.7 Å². The van der Waals surface area contributed by atoms with Gasteiger partial charge >= 0.3 is 12.1 Å². The zero-order valence-electron chi connectivity index (χ0n) is 28.8. The monoisotopic (exact) mass is 745 g/mol. The van der Waals surface area contributed by atoms with E-state index in [-0.39, 0.29) is 58.1 Å². The number of anilines is 1. The van der Waals surface area contributed by atoms with E-state index in [4.69, 9.17) is 18.9 Å². The Morgan fingerprint density at radius 2 is 1.98 bits per heavy atom. The largest absolute Gasteiger partial charge is 0.457 e. The number of carbonyl (C=O) groups is 4. The topological polar surface area (TPSA) is 167 Å². The summed E-state index contributed by atoms with van der Waals surface area (Å²) in [6, 6.07) is 5.74. The molecule has 3 aliphatic rings. The van der Waals surface area contributed by atoms with E-state index in [1.807, 2.05) is 13.0 Å². The maximum atomic E-state index is 13.8. The van der Waals surface area contributed by atoms with E-state index in [0.29, 0.717) is 17.7 Å². The Kier molecular flexibility index (Phi) is 13.2. The minimum Gasteiger partial charge on any atom is -0.457 e. The van der Waals surface area contributed by atoms with Crippen LogP contribution in [0.15, 0.2) is 35.9 Å². The van der Waals surface area contributed by atoms with Gasteiger partial charge < -0.3 is 39.0 Å². The standard InChI is InChI=1S/C34H46N3O10.Y/c1-19-10-9-11-27(44-8)34(43)17-26(45-32(42)35-34)20(2)30-33(5,47-30)28(46-31(41)21(3)36(6)22(4)39)16-29(40)37(7)25-14-23(12-19)13-24(15-25)18-38;/h9-11,13-14,20-21,26-28,30,38,43H,12,16-18H2,1-8H3,(H,35,42);/q-1;/b11-9+,19-10+;/t20-,21?,26?,27-,28+,30?,33?,34+;/m1./s1. The van der Waals surface area contributed by atoms with Gasteiger partial charge in [-0.1, -0.05) is 36.4 Å². The Balaban J connectivity index is 0.00000625. The Labute approximate surface area is 306 Å². The molecule has 1 aromatic rings. The molecule has 2 fully saturated rings. The number of aliphatic hydroxyl groups is 2. The van der Waals surface area contributed by atoms with Crippen LogP contribution < -0.4 is 10.2 Å². The van der Waals surface area contributed by atoms with Crippen molar-refractivity contribution in [2.24, 2.45) is 5.92 Å². The van der Waals surface area contributed by atoms with Crippen LogP contribution >= 0.6 is 0 Å². The third-order valence-electron chi connectivity index (χ3n) is 9.47. The van der Waals surface area contributed by atoms with E-state index in [0.717, 1.165) is 11.1 Å². The molecule has 0 aliphatic carbocycles. The van der Waals surface area contributed by atoms with Crippen LogP contribution in [0.25, 0.3) is 0 Å². The second-order valence-electron chi connectivity index (χ2n) is 13.0. The number of methoxy groups -OCH3 is 1. The van der Waals surface area contributed by atoms with Crippen LogP contribution in [0.2, 0.25) is 0 Å². The van der Waals surface area contributed by atoms with Crippen LogP contribution in [-0.4, -0.2) is 102 Å². The van der Waals surface area contributed by atoms with Gasteiger partial charge in [0.15, 0.2) is 5.72 Å². The minimum absolute atomic E-state index is 0. The number of allylic oxidation sites excluding steroid dienone is 3. The van der Waals surface area contributed by atoms with Crippen LogP contribution in [-0.2, 0) is 79.1 Å². The van der Waals surface area contributed by atoms with E-state index in [2.05, 4.69) is 11.4 Å². The number of epoxide rings is 1. The van der Waals surface area contributed by atoms with Gasteiger partial charge in [-0.25, -0.2) is 9.59 Å². The second kappa shape index (κ2) is 15.9. The predicted molar refractivity (Wildman–Crippen MR) is 170 cm³/mol. The van der Waals surface area contributed by atoms with Crippen molar-refractivity contribution in [3.63, 3.8) is 0 Å². The van der Waals surface area contributed by atoms with E-state index in [9.17, 15) is 29.4 Å². The summed E-state index contributed by atoms with van der Waals surface area (Å²) in [5.41, 5.74) is -0.326. The zero-order chi connectivity index (χ0) is 34.8. The number of rotatable bonds is 5. The third-order valence-corrected chi connectivity index (χ3v) is 9.47. The summed E-state index contributed by atoms with van der Waals surface area (Å²) < 4.78 is 23.3. The molecule has 1 aromatic carbocycles. The summed E-state index contributed by atoms with van der Waals surface area (Å²) in [5.74, 6) is -1.97. The van der Waals surface area contributed by atoms with Crippen LogP contribution in [0, 0.1) is 12.0 Å².